The van der Waals surface area contributed by atoms with Gasteiger partial charge in [0.05, 0.1) is 22.5 Å². The van der Waals surface area contributed by atoms with Crippen molar-refractivity contribution in [1.82, 2.24) is 9.97 Å². The topological polar surface area (TPSA) is 72.0 Å². The van der Waals surface area contributed by atoms with Crippen molar-refractivity contribution in [2.24, 2.45) is 0 Å². The number of anilines is 1. The number of fused-ring (bicyclic) bond motifs is 1. The quantitative estimate of drug-likeness (QED) is 0.556. The average Bonchev–Trinajstić information content (AvgIpc) is 2.62. The highest BCUT2D eigenvalue weighted by Crippen LogP contribution is 2.23. The number of nitrogens with zero attached hydrogens (tertiary/aromatic N) is 2. The molecule has 0 aliphatic heterocycles. The highest BCUT2D eigenvalue weighted by molar-refractivity contribution is 8.00. The second-order valence-corrected chi connectivity index (χ2v) is 6.94. The van der Waals surface area contributed by atoms with Gasteiger partial charge in [0.15, 0.2) is 5.78 Å². The van der Waals surface area contributed by atoms with Gasteiger partial charge in [-0.25, -0.2) is 4.98 Å². The number of aromatic nitrogens is 2. The van der Waals surface area contributed by atoms with Gasteiger partial charge in [-0.1, -0.05) is 23.9 Å². The van der Waals surface area contributed by atoms with Gasteiger partial charge in [0, 0.05) is 11.3 Å². The van der Waals surface area contributed by atoms with Crippen molar-refractivity contribution < 1.29 is 9.59 Å². The van der Waals surface area contributed by atoms with E-state index < -0.39 is 0 Å². The molecule has 0 fully saturated rings. The largest absolute Gasteiger partial charge is 0.325 e. The Balaban J connectivity index is 1.66. The first kappa shape index (κ1) is 17.1. The zero-order chi connectivity index (χ0) is 17.8. The molecular formula is C19H17N3O2S. The van der Waals surface area contributed by atoms with E-state index in [0.29, 0.717) is 16.3 Å². The van der Waals surface area contributed by atoms with E-state index in [1.165, 1.54) is 18.7 Å². The van der Waals surface area contributed by atoms with Crippen LogP contribution in [0.25, 0.3) is 11.0 Å². The Morgan fingerprint density at radius 1 is 1.04 bits per heavy atom. The predicted molar refractivity (Wildman–Crippen MR) is 99.9 cm³/mol. The van der Waals surface area contributed by atoms with Crippen molar-refractivity contribution in [2.75, 3.05) is 5.32 Å². The summed E-state index contributed by atoms with van der Waals surface area (Å²) in [6, 6.07) is 14.5. The molecule has 0 aliphatic carbocycles. The Morgan fingerprint density at radius 3 is 2.40 bits per heavy atom. The standard InChI is InChI=1S/C19H17N3O2S/c1-12(23)14-7-9-15(10-8-14)21-19(24)13(2)25-18-11-20-16-5-3-4-6-17(16)22-18/h3-11,13H,1-2H3,(H,21,24)/t13-/m1/s1. The maximum atomic E-state index is 12.4. The number of rotatable bonds is 5. The number of Topliss-reactive ketones (excluding diaryl/α,β-unsaturated/α-hetero) is 1. The van der Waals surface area contributed by atoms with Crippen LogP contribution < -0.4 is 5.32 Å². The number of carbonyl (C=O) groups is 2. The zero-order valence-electron chi connectivity index (χ0n) is 13.9. The van der Waals surface area contributed by atoms with E-state index in [2.05, 4.69) is 15.3 Å². The number of nitrogens with one attached hydrogen (secondary N) is 1. The number of carbonyl (C=O) groups excluding carboxylic acids is 2. The summed E-state index contributed by atoms with van der Waals surface area (Å²) in [5.74, 6) is -0.132. The van der Waals surface area contributed by atoms with Gasteiger partial charge >= 0.3 is 0 Å². The SMILES string of the molecule is CC(=O)c1ccc(NC(=O)[C@@H](C)Sc2cnc3ccccc3n2)cc1. The third kappa shape index (κ3) is 4.22. The molecule has 1 amide bonds. The van der Waals surface area contributed by atoms with Gasteiger partial charge in [0.2, 0.25) is 5.91 Å². The number of thioether (sulfide) groups is 1. The van der Waals surface area contributed by atoms with Crippen LogP contribution in [-0.4, -0.2) is 26.9 Å². The number of hydrogen-bond acceptors (Lipinski definition) is 5. The van der Waals surface area contributed by atoms with E-state index in [1.54, 1.807) is 30.5 Å². The van der Waals surface area contributed by atoms with Crippen LogP contribution in [0.15, 0.2) is 59.8 Å². The van der Waals surface area contributed by atoms with Crippen molar-refractivity contribution in [3.8, 4) is 0 Å². The summed E-state index contributed by atoms with van der Waals surface area (Å²) in [6.45, 7) is 3.33. The van der Waals surface area contributed by atoms with Crippen LogP contribution in [-0.2, 0) is 4.79 Å². The number of para-hydroxylation sites is 2. The minimum absolute atomic E-state index is 0.00308. The van der Waals surface area contributed by atoms with Gasteiger partial charge in [-0.05, 0) is 50.2 Å². The van der Waals surface area contributed by atoms with Crippen LogP contribution in [0, 0.1) is 0 Å². The molecular weight excluding hydrogens is 334 g/mol. The van der Waals surface area contributed by atoms with Crippen LogP contribution >= 0.6 is 11.8 Å². The molecule has 0 aliphatic rings. The molecule has 2 aromatic carbocycles. The number of benzene rings is 2. The predicted octanol–water partition coefficient (Wildman–Crippen LogP) is 3.95. The molecule has 5 nitrogen and oxygen atoms in total. The Labute approximate surface area is 149 Å². The Kier molecular flexibility index (Phi) is 5.09. The van der Waals surface area contributed by atoms with Gasteiger partial charge in [0.1, 0.15) is 5.03 Å². The van der Waals surface area contributed by atoms with E-state index in [1.807, 2.05) is 31.2 Å². The maximum absolute atomic E-state index is 12.4. The Morgan fingerprint density at radius 2 is 1.72 bits per heavy atom. The zero-order valence-corrected chi connectivity index (χ0v) is 14.7. The van der Waals surface area contributed by atoms with E-state index in [9.17, 15) is 9.59 Å². The molecule has 3 rings (SSSR count). The van der Waals surface area contributed by atoms with Crippen molar-refractivity contribution in [3.63, 3.8) is 0 Å². The lowest BCUT2D eigenvalue weighted by Gasteiger charge is -2.12. The molecule has 1 N–H and O–H groups in total. The fraction of sp³-hybridized carbons (Fsp3) is 0.158. The van der Waals surface area contributed by atoms with Crippen LogP contribution in [0.3, 0.4) is 0 Å². The van der Waals surface area contributed by atoms with Crippen LogP contribution in [0.1, 0.15) is 24.2 Å². The molecule has 25 heavy (non-hydrogen) atoms. The third-order valence-electron chi connectivity index (χ3n) is 3.65. The molecule has 0 radical (unpaired) electrons. The summed E-state index contributed by atoms with van der Waals surface area (Å²) in [7, 11) is 0. The fourth-order valence-electron chi connectivity index (χ4n) is 2.26. The van der Waals surface area contributed by atoms with Crippen molar-refractivity contribution in [1.29, 1.82) is 0 Å². The fourth-order valence-corrected chi connectivity index (χ4v) is 3.06. The highest BCUT2D eigenvalue weighted by atomic mass is 32.2. The van der Waals surface area contributed by atoms with Crippen LogP contribution in [0.4, 0.5) is 5.69 Å². The lowest BCUT2D eigenvalue weighted by molar-refractivity contribution is -0.115. The molecule has 1 atom stereocenters. The molecule has 0 saturated heterocycles. The number of amides is 1. The Bertz CT molecular complexity index is 925. The second-order valence-electron chi connectivity index (χ2n) is 5.58. The van der Waals surface area contributed by atoms with Crippen molar-refractivity contribution in [3.05, 3.63) is 60.3 Å². The average molecular weight is 351 g/mol. The summed E-state index contributed by atoms with van der Waals surface area (Å²) in [5.41, 5.74) is 2.91. The summed E-state index contributed by atoms with van der Waals surface area (Å²) in [6.07, 6.45) is 1.68. The second kappa shape index (κ2) is 7.44. The highest BCUT2D eigenvalue weighted by Gasteiger charge is 2.16. The van der Waals surface area contributed by atoms with Crippen LogP contribution in [0.5, 0.6) is 0 Å². The molecule has 0 bridgehead atoms. The van der Waals surface area contributed by atoms with E-state index in [-0.39, 0.29) is 16.9 Å². The normalized spacial score (nSPS) is 11.9. The lowest BCUT2D eigenvalue weighted by Crippen LogP contribution is -2.22. The van der Waals surface area contributed by atoms with E-state index >= 15 is 0 Å². The minimum atomic E-state index is -0.331. The van der Waals surface area contributed by atoms with Crippen molar-refractivity contribution in [2.45, 2.75) is 24.1 Å². The third-order valence-corrected chi connectivity index (χ3v) is 4.66. The number of hydrogen-bond donors (Lipinski definition) is 1. The summed E-state index contributed by atoms with van der Waals surface area (Å²) >= 11 is 1.35. The first-order valence-electron chi connectivity index (χ1n) is 7.83. The van der Waals surface area contributed by atoms with E-state index in [0.717, 1.165) is 11.0 Å². The molecule has 6 heteroatoms. The molecule has 0 unspecified atom stereocenters. The van der Waals surface area contributed by atoms with Crippen LogP contribution in [0.2, 0.25) is 0 Å². The molecule has 126 valence electrons. The summed E-state index contributed by atoms with van der Waals surface area (Å²) < 4.78 is 0. The molecule has 1 heterocycles. The summed E-state index contributed by atoms with van der Waals surface area (Å²) in [5, 5.41) is 3.22. The molecule has 0 saturated carbocycles. The first-order valence-corrected chi connectivity index (χ1v) is 8.71. The Hall–Kier alpha value is -2.73. The molecule has 0 spiro atoms. The van der Waals surface area contributed by atoms with Crippen molar-refractivity contribution >= 4 is 40.2 Å². The number of ketones is 1. The van der Waals surface area contributed by atoms with Gasteiger partial charge in [-0.15, -0.1) is 0 Å². The minimum Gasteiger partial charge on any atom is -0.325 e. The van der Waals surface area contributed by atoms with Gasteiger partial charge in [0.25, 0.3) is 0 Å². The maximum Gasteiger partial charge on any atom is 0.237 e. The smallest absolute Gasteiger partial charge is 0.237 e. The van der Waals surface area contributed by atoms with Gasteiger partial charge in [-0.2, -0.15) is 0 Å². The monoisotopic (exact) mass is 351 g/mol. The molecule has 3 aromatic rings. The molecule has 1 aromatic heterocycles. The lowest BCUT2D eigenvalue weighted by atomic mass is 10.1. The van der Waals surface area contributed by atoms with Gasteiger partial charge < -0.3 is 5.32 Å². The van der Waals surface area contributed by atoms with E-state index in [4.69, 9.17) is 0 Å². The summed E-state index contributed by atoms with van der Waals surface area (Å²) in [4.78, 5) is 32.5. The first-order chi connectivity index (χ1) is 12.0. The van der Waals surface area contributed by atoms with Gasteiger partial charge in [-0.3, -0.25) is 14.6 Å².